The van der Waals surface area contributed by atoms with Gasteiger partial charge in [0.25, 0.3) is 0 Å². The molecule has 2 aliphatic rings. The maximum absolute atomic E-state index is 13.3. The number of hydrogen-bond donors (Lipinski definition) is 3. The molecule has 16 heteroatoms. The Morgan fingerprint density at radius 2 is 2.02 bits per heavy atom. The summed E-state index contributed by atoms with van der Waals surface area (Å²) in [5.41, 5.74) is -0.526. The van der Waals surface area contributed by atoms with Crippen molar-refractivity contribution >= 4 is 40.4 Å². The Hall–Kier alpha value is -3.92. The van der Waals surface area contributed by atoms with E-state index in [4.69, 9.17) is 21.1 Å². The number of morpholine rings is 1. The molecule has 5 heterocycles. The number of carbonyl (C=O) groups excluding carboxylic acids is 1. The fourth-order valence-corrected chi connectivity index (χ4v) is 4.73. The number of ether oxygens (including phenoxy) is 2. The van der Waals surface area contributed by atoms with Crippen molar-refractivity contribution in [2.24, 2.45) is 7.05 Å². The summed E-state index contributed by atoms with van der Waals surface area (Å²) in [4.78, 5) is 28.4. The fourth-order valence-electron chi connectivity index (χ4n) is 4.43. The average molecular weight is 609 g/mol. The molecule has 3 N–H and O–H groups in total. The Bertz CT molecular complexity index is 1540. The summed E-state index contributed by atoms with van der Waals surface area (Å²) in [7, 11) is 2.91. The van der Waals surface area contributed by atoms with Crippen molar-refractivity contribution in [1.82, 2.24) is 29.3 Å². The Morgan fingerprint density at radius 3 is 2.76 bits per heavy atom. The quantitative estimate of drug-likeness (QED) is 0.349. The largest absolute Gasteiger partial charge is 0.454 e. The van der Waals surface area contributed by atoms with Crippen molar-refractivity contribution in [1.29, 1.82) is 0 Å². The molecule has 3 aromatic rings. The van der Waals surface area contributed by atoms with E-state index in [9.17, 15) is 23.1 Å². The minimum atomic E-state index is -4.61. The van der Waals surface area contributed by atoms with Crippen molar-refractivity contribution in [3.05, 3.63) is 53.1 Å². The third-order valence-electron chi connectivity index (χ3n) is 6.69. The van der Waals surface area contributed by atoms with E-state index in [1.807, 2.05) is 0 Å². The maximum Gasteiger partial charge on any atom is 0.417 e. The van der Waals surface area contributed by atoms with E-state index >= 15 is 0 Å². The van der Waals surface area contributed by atoms with Crippen molar-refractivity contribution < 1.29 is 32.5 Å². The third kappa shape index (κ3) is 6.59. The van der Waals surface area contributed by atoms with E-state index in [1.54, 1.807) is 19.2 Å². The number of aliphatic hydroxyl groups is 1. The van der Waals surface area contributed by atoms with Crippen molar-refractivity contribution in [2.45, 2.75) is 18.8 Å². The first-order valence-corrected chi connectivity index (χ1v) is 13.3. The van der Waals surface area contributed by atoms with E-state index in [1.165, 1.54) is 24.0 Å². The van der Waals surface area contributed by atoms with Crippen LogP contribution in [0.15, 0.2) is 48.1 Å². The number of aryl methyl sites for hydroxylation is 1. The molecule has 42 heavy (non-hydrogen) atoms. The molecule has 1 saturated heterocycles. The van der Waals surface area contributed by atoms with Gasteiger partial charge in [-0.25, -0.2) is 9.97 Å². The zero-order chi connectivity index (χ0) is 30.0. The molecular weight excluding hydrogens is 581 g/mol. The summed E-state index contributed by atoms with van der Waals surface area (Å²) < 4.78 is 52.7. The van der Waals surface area contributed by atoms with Gasteiger partial charge in [-0.15, -0.1) is 0 Å². The number of carbonyl (C=O) groups is 1. The summed E-state index contributed by atoms with van der Waals surface area (Å²) in [6, 6.07) is 3.13. The van der Waals surface area contributed by atoms with Gasteiger partial charge in [-0.2, -0.15) is 18.2 Å². The second kappa shape index (κ2) is 12.1. The lowest BCUT2D eigenvalue weighted by atomic mass is 10.1. The number of aromatic nitrogens is 4. The molecule has 0 aliphatic carbocycles. The lowest BCUT2D eigenvalue weighted by molar-refractivity contribution is -0.116. The van der Waals surface area contributed by atoms with Crippen LogP contribution in [-0.4, -0.2) is 92.6 Å². The van der Waals surface area contributed by atoms with Gasteiger partial charge in [0, 0.05) is 58.6 Å². The number of anilines is 2. The van der Waals surface area contributed by atoms with Crippen LogP contribution >= 0.6 is 11.6 Å². The fraction of sp³-hybridized carbons (Fsp3) is 0.385. The molecule has 1 atom stereocenters. The molecule has 5 rings (SSSR count). The molecular formula is C26H28ClF3N8O4. The van der Waals surface area contributed by atoms with Gasteiger partial charge in [0.2, 0.25) is 11.9 Å². The third-order valence-corrected chi connectivity index (χ3v) is 7.06. The molecule has 1 unspecified atom stereocenters. The molecule has 2 aliphatic heterocycles. The summed E-state index contributed by atoms with van der Waals surface area (Å²) >= 11 is 6.64. The number of nitrogens with one attached hydrogen (secondary N) is 2. The van der Waals surface area contributed by atoms with E-state index in [-0.39, 0.29) is 34.0 Å². The number of aliphatic hydroxyl groups excluding tert-OH is 1. The van der Waals surface area contributed by atoms with Gasteiger partial charge in [0.05, 0.1) is 30.7 Å². The van der Waals surface area contributed by atoms with Crippen LogP contribution in [0.25, 0.3) is 11.2 Å². The van der Waals surface area contributed by atoms with Crippen LogP contribution in [0.2, 0.25) is 5.02 Å². The van der Waals surface area contributed by atoms with Crippen molar-refractivity contribution in [3.8, 4) is 11.5 Å². The van der Waals surface area contributed by atoms with Gasteiger partial charge in [0.1, 0.15) is 22.1 Å². The highest BCUT2D eigenvalue weighted by atomic mass is 35.5. The standard InChI is InChI=1S/C26H28ClF3N8O4/c1-36-14-15(26(28,29)30)11-17(24(36)40)33-25-35-23-22(37(25)2)21(27)18(13-32-23)42-16-3-5-31-19(12-16)34-20(39)4-6-38-7-9-41-10-8-38/h3,5,11-14,24,40H,4,6-10H2,1-2H3,(H,31,34,39)(H,32,33,35). The van der Waals surface area contributed by atoms with Crippen LogP contribution in [0.5, 0.6) is 11.5 Å². The number of rotatable bonds is 8. The number of nitrogens with zero attached hydrogens (tertiary/aromatic N) is 6. The zero-order valence-corrected chi connectivity index (χ0v) is 23.4. The van der Waals surface area contributed by atoms with E-state index in [2.05, 4.69) is 30.5 Å². The summed E-state index contributed by atoms with van der Waals surface area (Å²) in [5, 5.41) is 16.1. The van der Waals surface area contributed by atoms with Crippen LogP contribution in [-0.2, 0) is 16.6 Å². The maximum atomic E-state index is 13.3. The summed E-state index contributed by atoms with van der Waals surface area (Å²) in [6.45, 7) is 3.50. The number of allylic oxidation sites excluding steroid dienone is 2. The molecule has 0 saturated carbocycles. The van der Waals surface area contributed by atoms with Gasteiger partial charge in [-0.3, -0.25) is 9.69 Å². The number of hydrogen-bond acceptors (Lipinski definition) is 10. The number of halogens is 4. The van der Waals surface area contributed by atoms with Crippen LogP contribution in [0.1, 0.15) is 6.42 Å². The molecule has 224 valence electrons. The van der Waals surface area contributed by atoms with Gasteiger partial charge in [-0.1, -0.05) is 11.6 Å². The highest BCUT2D eigenvalue weighted by molar-refractivity contribution is 6.36. The van der Waals surface area contributed by atoms with Crippen molar-refractivity contribution in [2.75, 3.05) is 50.5 Å². The summed E-state index contributed by atoms with van der Waals surface area (Å²) in [5.74, 6) is 0.720. The average Bonchev–Trinajstić information content (AvgIpc) is 3.27. The molecule has 1 amide bonds. The number of likely N-dealkylation sites (N-methyl/N-ethyl adjacent to an activating group) is 1. The van der Waals surface area contributed by atoms with Gasteiger partial charge >= 0.3 is 6.18 Å². The minimum absolute atomic E-state index is 0.102. The number of alkyl halides is 3. The number of pyridine rings is 2. The highest BCUT2D eigenvalue weighted by Gasteiger charge is 2.36. The second-order valence-electron chi connectivity index (χ2n) is 9.68. The minimum Gasteiger partial charge on any atom is -0.454 e. The van der Waals surface area contributed by atoms with Gasteiger partial charge < -0.3 is 34.7 Å². The lowest BCUT2D eigenvalue weighted by Crippen LogP contribution is -2.38. The first-order chi connectivity index (χ1) is 20.0. The van der Waals surface area contributed by atoms with Crippen LogP contribution in [0, 0.1) is 0 Å². The van der Waals surface area contributed by atoms with Crippen LogP contribution in [0.3, 0.4) is 0 Å². The number of amides is 1. The highest BCUT2D eigenvalue weighted by Crippen LogP contribution is 2.36. The molecule has 1 fully saturated rings. The number of imidazole rings is 1. The molecule has 0 bridgehead atoms. The van der Waals surface area contributed by atoms with Crippen molar-refractivity contribution in [3.63, 3.8) is 0 Å². The van der Waals surface area contributed by atoms with Gasteiger partial charge in [-0.05, 0) is 12.1 Å². The predicted octanol–water partition coefficient (Wildman–Crippen LogP) is 3.48. The SMILES string of the molecule is CN1C=C(C(F)(F)F)C=C(Nc2nc3ncc(Oc4ccnc(NC(=O)CCN5CCOCC5)c4)c(Cl)c3n2C)C1O. The smallest absolute Gasteiger partial charge is 0.417 e. The van der Waals surface area contributed by atoms with E-state index < -0.39 is 18.0 Å². The second-order valence-corrected chi connectivity index (χ2v) is 10.1. The zero-order valence-electron chi connectivity index (χ0n) is 22.7. The molecule has 0 spiro atoms. The Morgan fingerprint density at radius 1 is 1.26 bits per heavy atom. The number of fused-ring (bicyclic) bond motifs is 1. The lowest BCUT2D eigenvalue weighted by Gasteiger charge is -2.30. The molecule has 0 radical (unpaired) electrons. The first-order valence-electron chi connectivity index (χ1n) is 12.9. The molecule has 0 aromatic carbocycles. The first kappa shape index (κ1) is 29.6. The molecule has 12 nitrogen and oxygen atoms in total. The Labute approximate surface area is 243 Å². The summed E-state index contributed by atoms with van der Waals surface area (Å²) in [6.07, 6.45) is -1.21. The van der Waals surface area contributed by atoms with Crippen LogP contribution < -0.4 is 15.4 Å². The normalized spacial score (nSPS) is 18.1. The Balaban J connectivity index is 1.30. The van der Waals surface area contributed by atoms with Gasteiger partial charge in [0.15, 0.2) is 17.6 Å². The monoisotopic (exact) mass is 608 g/mol. The topological polar surface area (TPSA) is 130 Å². The van der Waals surface area contributed by atoms with E-state index in [0.717, 1.165) is 30.3 Å². The Kier molecular flexibility index (Phi) is 8.54. The van der Waals surface area contributed by atoms with E-state index in [0.29, 0.717) is 43.3 Å². The predicted molar refractivity (Wildman–Crippen MR) is 148 cm³/mol. The van der Waals surface area contributed by atoms with Crippen LogP contribution in [0.4, 0.5) is 24.9 Å². The molecule has 3 aromatic heterocycles.